The molecule has 0 saturated carbocycles. The molecule has 0 unspecified atom stereocenters. The van der Waals surface area contributed by atoms with Gasteiger partial charge in [-0.1, -0.05) is 12.1 Å². The van der Waals surface area contributed by atoms with E-state index < -0.39 is 0 Å². The molecular formula is C14H13N5. The minimum absolute atomic E-state index is 0.746. The van der Waals surface area contributed by atoms with E-state index in [9.17, 15) is 0 Å². The second kappa shape index (κ2) is 4.89. The van der Waals surface area contributed by atoms with Gasteiger partial charge in [0, 0.05) is 36.6 Å². The number of anilines is 3. The molecule has 3 rings (SSSR count). The minimum Gasteiger partial charge on any atom is -0.373 e. The van der Waals surface area contributed by atoms with Crippen LogP contribution in [0.2, 0.25) is 0 Å². The van der Waals surface area contributed by atoms with E-state index in [0.717, 1.165) is 28.1 Å². The van der Waals surface area contributed by atoms with Gasteiger partial charge in [-0.3, -0.25) is 4.98 Å². The van der Waals surface area contributed by atoms with Crippen LogP contribution in [0.25, 0.3) is 10.8 Å². The fourth-order valence-corrected chi connectivity index (χ4v) is 1.92. The van der Waals surface area contributed by atoms with Crippen molar-refractivity contribution in [2.24, 2.45) is 0 Å². The van der Waals surface area contributed by atoms with Crippen molar-refractivity contribution in [3.63, 3.8) is 0 Å². The van der Waals surface area contributed by atoms with E-state index in [1.807, 2.05) is 37.5 Å². The molecule has 0 fully saturated rings. The van der Waals surface area contributed by atoms with Crippen molar-refractivity contribution >= 4 is 28.1 Å². The molecule has 0 spiro atoms. The molecule has 0 aliphatic rings. The molecule has 0 bridgehead atoms. The topological polar surface area (TPSA) is 62.7 Å². The van der Waals surface area contributed by atoms with Crippen molar-refractivity contribution in [3.8, 4) is 0 Å². The Morgan fingerprint density at radius 3 is 2.84 bits per heavy atom. The van der Waals surface area contributed by atoms with Crippen molar-refractivity contribution in [2.45, 2.75) is 0 Å². The molecule has 19 heavy (non-hydrogen) atoms. The van der Waals surface area contributed by atoms with Crippen LogP contribution in [0.4, 0.5) is 17.3 Å². The Balaban J connectivity index is 2.01. The average molecular weight is 251 g/mol. The van der Waals surface area contributed by atoms with Crippen molar-refractivity contribution in [1.82, 2.24) is 15.0 Å². The number of pyridine rings is 1. The molecule has 94 valence electrons. The average Bonchev–Trinajstić information content (AvgIpc) is 2.48. The quantitative estimate of drug-likeness (QED) is 0.749. The minimum atomic E-state index is 0.746. The maximum Gasteiger partial charge on any atom is 0.135 e. The molecule has 2 aromatic heterocycles. The molecule has 2 N–H and O–H groups in total. The Hall–Kier alpha value is -2.69. The number of aromatic nitrogens is 3. The molecule has 1 aromatic carbocycles. The Bertz CT molecular complexity index is 706. The maximum absolute atomic E-state index is 4.21. The molecule has 0 atom stereocenters. The summed E-state index contributed by atoms with van der Waals surface area (Å²) >= 11 is 0. The Morgan fingerprint density at radius 1 is 1.05 bits per heavy atom. The molecule has 0 amide bonds. The van der Waals surface area contributed by atoms with Gasteiger partial charge in [0.1, 0.15) is 18.0 Å². The molecule has 0 saturated heterocycles. The summed E-state index contributed by atoms with van der Waals surface area (Å²) in [5.41, 5.74) is 0.978. The first kappa shape index (κ1) is 11.4. The zero-order valence-corrected chi connectivity index (χ0v) is 10.5. The van der Waals surface area contributed by atoms with E-state index in [2.05, 4.69) is 31.7 Å². The van der Waals surface area contributed by atoms with Gasteiger partial charge in [0.15, 0.2) is 0 Å². The van der Waals surface area contributed by atoms with Crippen LogP contribution in [-0.2, 0) is 0 Å². The van der Waals surface area contributed by atoms with Crippen LogP contribution >= 0.6 is 0 Å². The van der Waals surface area contributed by atoms with Gasteiger partial charge < -0.3 is 10.6 Å². The summed E-state index contributed by atoms with van der Waals surface area (Å²) in [5.74, 6) is 1.52. The van der Waals surface area contributed by atoms with Gasteiger partial charge in [-0.05, 0) is 17.5 Å². The lowest BCUT2D eigenvalue weighted by Crippen LogP contribution is -1.98. The zero-order chi connectivity index (χ0) is 13.1. The first-order valence-corrected chi connectivity index (χ1v) is 5.96. The highest BCUT2D eigenvalue weighted by atomic mass is 15.1. The summed E-state index contributed by atoms with van der Waals surface area (Å²) in [5, 5.41) is 8.48. The largest absolute Gasteiger partial charge is 0.373 e. The zero-order valence-electron chi connectivity index (χ0n) is 10.5. The number of benzene rings is 1. The van der Waals surface area contributed by atoms with Crippen LogP contribution in [0.5, 0.6) is 0 Å². The third-order valence-corrected chi connectivity index (χ3v) is 2.87. The first-order valence-electron chi connectivity index (χ1n) is 5.96. The van der Waals surface area contributed by atoms with Gasteiger partial charge in [0.25, 0.3) is 0 Å². The Kier molecular flexibility index (Phi) is 2.94. The number of nitrogens with zero attached hydrogens (tertiary/aromatic N) is 3. The summed E-state index contributed by atoms with van der Waals surface area (Å²) in [6.45, 7) is 0. The van der Waals surface area contributed by atoms with Crippen LogP contribution in [0, 0.1) is 0 Å². The van der Waals surface area contributed by atoms with Gasteiger partial charge in [0.2, 0.25) is 0 Å². The molecule has 0 aliphatic heterocycles. The van der Waals surface area contributed by atoms with Crippen LogP contribution in [0.1, 0.15) is 0 Å². The van der Waals surface area contributed by atoms with Gasteiger partial charge in [0.05, 0.1) is 0 Å². The second-order valence-corrected chi connectivity index (χ2v) is 4.07. The fourth-order valence-electron chi connectivity index (χ4n) is 1.92. The lowest BCUT2D eigenvalue weighted by molar-refractivity contribution is 1.16. The fraction of sp³-hybridized carbons (Fsp3) is 0.0714. The van der Waals surface area contributed by atoms with Gasteiger partial charge in [-0.15, -0.1) is 0 Å². The third kappa shape index (κ3) is 2.30. The summed E-state index contributed by atoms with van der Waals surface area (Å²) in [6, 6.07) is 9.91. The highest BCUT2D eigenvalue weighted by molar-refractivity contribution is 5.94. The van der Waals surface area contributed by atoms with Gasteiger partial charge in [-0.2, -0.15) is 0 Å². The van der Waals surface area contributed by atoms with Crippen LogP contribution < -0.4 is 10.6 Å². The van der Waals surface area contributed by atoms with E-state index >= 15 is 0 Å². The van der Waals surface area contributed by atoms with E-state index in [1.54, 1.807) is 6.20 Å². The van der Waals surface area contributed by atoms with Crippen molar-refractivity contribution in [1.29, 1.82) is 0 Å². The number of rotatable bonds is 3. The maximum atomic E-state index is 4.21. The Labute approximate surface area is 110 Å². The smallest absolute Gasteiger partial charge is 0.135 e. The predicted octanol–water partition coefficient (Wildman–Crippen LogP) is 2.81. The Morgan fingerprint density at radius 2 is 1.95 bits per heavy atom. The normalized spacial score (nSPS) is 10.4. The standard InChI is InChI=1S/C14H13N5/c1-15-13-7-14(18-9-17-13)19-12-4-2-3-10-5-6-16-8-11(10)12/h2-9H,1H3,(H2,15,17,18,19). The summed E-state index contributed by atoms with van der Waals surface area (Å²) in [6.07, 6.45) is 5.16. The summed E-state index contributed by atoms with van der Waals surface area (Å²) in [7, 11) is 1.83. The summed E-state index contributed by atoms with van der Waals surface area (Å²) < 4.78 is 0. The van der Waals surface area contributed by atoms with E-state index in [4.69, 9.17) is 0 Å². The monoisotopic (exact) mass is 251 g/mol. The second-order valence-electron chi connectivity index (χ2n) is 4.07. The van der Waals surface area contributed by atoms with Gasteiger partial charge in [-0.25, -0.2) is 9.97 Å². The lowest BCUT2D eigenvalue weighted by Gasteiger charge is -2.09. The SMILES string of the molecule is CNc1cc(Nc2cccc3ccncc23)ncn1. The summed E-state index contributed by atoms with van der Waals surface area (Å²) in [4.78, 5) is 12.5. The third-order valence-electron chi connectivity index (χ3n) is 2.87. The van der Waals surface area contributed by atoms with Crippen LogP contribution in [0.15, 0.2) is 49.1 Å². The number of fused-ring (bicyclic) bond motifs is 1. The molecule has 5 heteroatoms. The van der Waals surface area contributed by atoms with Crippen LogP contribution in [-0.4, -0.2) is 22.0 Å². The molecule has 0 radical (unpaired) electrons. The molecule has 5 nitrogen and oxygen atoms in total. The molecule has 3 aromatic rings. The number of nitrogens with one attached hydrogen (secondary N) is 2. The van der Waals surface area contributed by atoms with Gasteiger partial charge >= 0.3 is 0 Å². The van der Waals surface area contributed by atoms with E-state index in [-0.39, 0.29) is 0 Å². The molecule has 2 heterocycles. The van der Waals surface area contributed by atoms with Crippen LogP contribution in [0.3, 0.4) is 0 Å². The van der Waals surface area contributed by atoms with E-state index in [0.29, 0.717) is 0 Å². The molecular weight excluding hydrogens is 238 g/mol. The van der Waals surface area contributed by atoms with E-state index in [1.165, 1.54) is 6.33 Å². The van der Waals surface area contributed by atoms with Crippen molar-refractivity contribution < 1.29 is 0 Å². The lowest BCUT2D eigenvalue weighted by atomic mass is 10.1. The highest BCUT2D eigenvalue weighted by Crippen LogP contribution is 2.25. The van der Waals surface area contributed by atoms with Crippen molar-refractivity contribution in [2.75, 3.05) is 17.7 Å². The van der Waals surface area contributed by atoms with Crippen molar-refractivity contribution in [3.05, 3.63) is 49.1 Å². The number of hydrogen-bond donors (Lipinski definition) is 2. The number of hydrogen-bond acceptors (Lipinski definition) is 5. The molecule has 0 aliphatic carbocycles. The predicted molar refractivity (Wildman–Crippen MR) is 76.6 cm³/mol. The highest BCUT2D eigenvalue weighted by Gasteiger charge is 2.02. The first-order chi connectivity index (χ1) is 9.36.